The van der Waals surface area contributed by atoms with Gasteiger partial charge >= 0.3 is 5.91 Å². The molecule has 0 spiro atoms. The molecule has 0 aliphatic carbocycles. The Kier molecular flexibility index (Phi) is 2.62. The molecular weight excluding hydrogens is 82.0 g/mol. The van der Waals surface area contributed by atoms with Crippen LogP contribution in [0, 0.1) is 5.21 Å². The molecule has 3 heteroatoms. The van der Waals surface area contributed by atoms with E-state index in [1.165, 1.54) is 0 Å². The number of hydrogen-bond donors (Lipinski definition) is 1. The van der Waals surface area contributed by atoms with E-state index in [2.05, 4.69) is 0 Å². The minimum Gasteiger partial charge on any atom is -0.628 e. The van der Waals surface area contributed by atoms with E-state index in [9.17, 15) is 10.0 Å². The van der Waals surface area contributed by atoms with Gasteiger partial charge in [-0.25, -0.2) is 4.79 Å². The monoisotopic (exact) mass is 89.0 g/mol. The number of carbonyl (C=O) groups excluding carboxylic acids is 1. The number of amides is 1. The van der Waals surface area contributed by atoms with Crippen LogP contribution in [0.25, 0.3) is 0 Å². The summed E-state index contributed by atoms with van der Waals surface area (Å²) in [5, 5.41) is 9.39. The van der Waals surface area contributed by atoms with Crippen molar-refractivity contribution >= 4 is 5.91 Å². The van der Waals surface area contributed by atoms with E-state index in [0.29, 0.717) is 11.9 Å². The molecule has 0 saturated carbocycles. The number of rotatable bonds is 1. The summed E-state index contributed by atoms with van der Waals surface area (Å²) in [6.45, 7) is 1.65. The molecular formula is C3H7NO2. The summed E-state index contributed by atoms with van der Waals surface area (Å²) in [7, 11) is 0. The molecule has 0 aliphatic heterocycles. The molecule has 0 aromatic carbocycles. The minimum absolute atomic E-state index is 0.323. The van der Waals surface area contributed by atoms with Gasteiger partial charge in [0.2, 0.25) is 0 Å². The smallest absolute Gasteiger partial charge is 0.310 e. The average molecular weight is 89.1 g/mol. The maximum Gasteiger partial charge on any atom is 0.310 e. The lowest BCUT2D eigenvalue weighted by molar-refractivity contribution is -0.500. The molecule has 0 aromatic rings. The molecule has 0 fully saturated rings. The molecule has 0 aliphatic rings. The van der Waals surface area contributed by atoms with Crippen molar-refractivity contribution < 1.29 is 10.3 Å². The van der Waals surface area contributed by atoms with Crippen LogP contribution < -0.4 is 5.48 Å². The highest BCUT2D eigenvalue weighted by Gasteiger charge is 1.88. The van der Waals surface area contributed by atoms with E-state index < -0.39 is 0 Å². The number of hydroxylamine groups is 1. The Labute approximate surface area is 35.9 Å². The molecule has 0 radical (unpaired) electrons. The molecule has 0 rings (SSSR count). The first kappa shape index (κ1) is 5.59. The molecule has 36 valence electrons. The molecule has 0 saturated heterocycles. The summed E-state index contributed by atoms with van der Waals surface area (Å²) < 4.78 is 0. The second kappa shape index (κ2) is 2.81. The quantitative estimate of drug-likeness (QED) is 0.418. The van der Waals surface area contributed by atoms with Gasteiger partial charge < -0.3 is 10.7 Å². The Morgan fingerprint density at radius 3 is 2.50 bits per heavy atom. The van der Waals surface area contributed by atoms with Gasteiger partial charge in [-0.15, -0.1) is 0 Å². The summed E-state index contributed by atoms with van der Waals surface area (Å²) in [4.78, 5) is 9.81. The number of nitrogens with two attached hydrogens (primary N) is 1. The second-order valence-corrected chi connectivity index (χ2v) is 0.938. The summed E-state index contributed by atoms with van der Waals surface area (Å²) in [5.41, 5.74) is 0.333. The lowest BCUT2D eigenvalue weighted by Gasteiger charge is -1.91. The van der Waals surface area contributed by atoms with Crippen LogP contribution in [0.15, 0.2) is 0 Å². The summed E-state index contributed by atoms with van der Waals surface area (Å²) in [6.07, 6.45) is 0.323. The number of carbonyl (C=O) groups is 1. The van der Waals surface area contributed by atoms with Gasteiger partial charge in [-0.2, -0.15) is 0 Å². The summed E-state index contributed by atoms with van der Waals surface area (Å²) in [6, 6.07) is 0. The fraction of sp³-hybridized carbons (Fsp3) is 0.667. The fourth-order valence-corrected chi connectivity index (χ4v) is 0.0833. The van der Waals surface area contributed by atoms with Crippen molar-refractivity contribution in [3.63, 3.8) is 0 Å². The van der Waals surface area contributed by atoms with Crippen LogP contribution >= 0.6 is 0 Å². The number of hydrogen-bond acceptors (Lipinski definition) is 2. The molecule has 3 nitrogen and oxygen atoms in total. The second-order valence-electron chi connectivity index (χ2n) is 0.938. The average Bonchev–Trinajstić information content (AvgIpc) is 1.65. The van der Waals surface area contributed by atoms with Crippen LogP contribution in [0.5, 0.6) is 0 Å². The summed E-state index contributed by atoms with van der Waals surface area (Å²) in [5.74, 6) is -0.338. The van der Waals surface area contributed by atoms with E-state index in [1.807, 2.05) is 0 Å². The zero-order valence-electron chi connectivity index (χ0n) is 3.60. The Morgan fingerprint density at radius 1 is 2.00 bits per heavy atom. The van der Waals surface area contributed by atoms with Crippen LogP contribution in [-0.4, -0.2) is 5.91 Å². The van der Waals surface area contributed by atoms with Crippen LogP contribution in [0.4, 0.5) is 0 Å². The zero-order valence-corrected chi connectivity index (χ0v) is 3.60. The normalized spacial score (nSPS) is 8.33. The van der Waals surface area contributed by atoms with Gasteiger partial charge in [0.15, 0.2) is 0 Å². The molecule has 0 unspecified atom stereocenters. The van der Waals surface area contributed by atoms with Crippen molar-refractivity contribution in [1.29, 1.82) is 0 Å². The van der Waals surface area contributed by atoms with E-state index in [4.69, 9.17) is 0 Å². The molecule has 0 heterocycles. The van der Waals surface area contributed by atoms with E-state index >= 15 is 0 Å². The highest BCUT2D eigenvalue weighted by molar-refractivity contribution is 5.64. The van der Waals surface area contributed by atoms with Crippen LogP contribution in [0.3, 0.4) is 0 Å². The fourth-order valence-electron chi connectivity index (χ4n) is 0.0833. The van der Waals surface area contributed by atoms with Gasteiger partial charge in [0.05, 0.1) is 6.42 Å². The van der Waals surface area contributed by atoms with E-state index in [0.717, 1.165) is 0 Å². The highest BCUT2D eigenvalue weighted by Crippen LogP contribution is 1.62. The Hall–Kier alpha value is -0.410. The first-order valence-corrected chi connectivity index (χ1v) is 1.79. The lowest BCUT2D eigenvalue weighted by atomic mass is 10.5. The lowest BCUT2D eigenvalue weighted by Crippen LogP contribution is -2.81. The third kappa shape index (κ3) is 1.87. The predicted molar refractivity (Wildman–Crippen MR) is 20.6 cm³/mol. The Bertz CT molecular complexity index is 46.8. The molecule has 6 heavy (non-hydrogen) atoms. The predicted octanol–water partition coefficient (Wildman–Crippen LogP) is -1.02. The third-order valence-electron chi connectivity index (χ3n) is 0.480. The largest absolute Gasteiger partial charge is 0.628 e. The highest BCUT2D eigenvalue weighted by atomic mass is 16.5. The van der Waals surface area contributed by atoms with Crippen molar-refractivity contribution in [2.45, 2.75) is 13.3 Å². The van der Waals surface area contributed by atoms with Gasteiger partial charge in [-0.1, -0.05) is 6.92 Å². The van der Waals surface area contributed by atoms with Crippen LogP contribution in [0.1, 0.15) is 13.3 Å². The van der Waals surface area contributed by atoms with Crippen molar-refractivity contribution in [1.82, 2.24) is 0 Å². The van der Waals surface area contributed by atoms with Crippen molar-refractivity contribution in [3.05, 3.63) is 5.21 Å². The van der Waals surface area contributed by atoms with Gasteiger partial charge in [-0.05, 0) is 0 Å². The van der Waals surface area contributed by atoms with Crippen LogP contribution in [0.2, 0.25) is 0 Å². The number of primary amides is 1. The molecule has 0 bridgehead atoms. The molecule has 0 atom stereocenters. The van der Waals surface area contributed by atoms with Crippen molar-refractivity contribution in [2.75, 3.05) is 0 Å². The van der Waals surface area contributed by atoms with E-state index in [-0.39, 0.29) is 5.91 Å². The Morgan fingerprint density at radius 2 is 2.50 bits per heavy atom. The van der Waals surface area contributed by atoms with E-state index in [1.54, 1.807) is 6.92 Å². The van der Waals surface area contributed by atoms with Gasteiger partial charge in [0, 0.05) is 0 Å². The molecule has 2 N–H and O–H groups in total. The molecule has 1 amide bonds. The first-order valence-electron chi connectivity index (χ1n) is 1.79. The summed E-state index contributed by atoms with van der Waals surface area (Å²) >= 11 is 0. The van der Waals surface area contributed by atoms with Gasteiger partial charge in [-0.3, -0.25) is 0 Å². The number of quaternary nitrogens is 1. The maximum atomic E-state index is 9.81. The van der Waals surface area contributed by atoms with Gasteiger partial charge in [0.1, 0.15) is 0 Å². The minimum atomic E-state index is -0.338. The Balaban J connectivity index is 2.99. The third-order valence-corrected chi connectivity index (χ3v) is 0.480. The van der Waals surface area contributed by atoms with Crippen molar-refractivity contribution in [2.24, 2.45) is 0 Å². The topological polar surface area (TPSA) is 56.7 Å². The standard InChI is InChI=1S/C3H7NO2/c1-2-3(5)4-6/h2,4H2,1H3. The first-order chi connectivity index (χ1) is 2.81. The SMILES string of the molecule is CCC(=O)[NH2+][O-]. The maximum absolute atomic E-state index is 9.81. The van der Waals surface area contributed by atoms with Crippen LogP contribution in [-0.2, 0) is 4.79 Å². The molecule has 0 aromatic heterocycles. The van der Waals surface area contributed by atoms with Gasteiger partial charge in [0.25, 0.3) is 0 Å². The van der Waals surface area contributed by atoms with Crippen molar-refractivity contribution in [3.8, 4) is 0 Å². The zero-order chi connectivity index (χ0) is 4.99.